The molecule has 2 saturated heterocycles. The summed E-state index contributed by atoms with van der Waals surface area (Å²) >= 11 is 0. The number of nitrogens with zero attached hydrogens (tertiary/aromatic N) is 2. The minimum atomic E-state index is -0.351. The third kappa shape index (κ3) is 5.05. The first-order valence-corrected chi connectivity index (χ1v) is 10.7. The van der Waals surface area contributed by atoms with Gasteiger partial charge in [0.05, 0.1) is 0 Å². The lowest BCUT2D eigenvalue weighted by Crippen LogP contribution is -2.46. The van der Waals surface area contributed by atoms with Crippen molar-refractivity contribution in [3.63, 3.8) is 0 Å². The number of rotatable bonds is 5. The number of benzene rings is 2. The standard InChI is InChI=1S/C24H28FN3O2/c25-21-8-6-20(7-9-21)24(30)28-14-10-19(11-15-28)23(29)26-22-12-13-27(17-22)16-18-4-2-1-3-5-18/h1-9,19,22H,10-17H2,(H,26,29). The highest BCUT2D eigenvalue weighted by Crippen LogP contribution is 2.21. The molecule has 0 radical (unpaired) electrons. The average molecular weight is 410 g/mol. The molecule has 0 aromatic heterocycles. The highest BCUT2D eigenvalue weighted by atomic mass is 19.1. The number of piperidine rings is 1. The largest absolute Gasteiger partial charge is 0.352 e. The SMILES string of the molecule is O=C(NC1CCN(Cc2ccccc2)C1)C1CCN(C(=O)c2ccc(F)cc2)CC1. The second kappa shape index (κ2) is 9.39. The zero-order chi connectivity index (χ0) is 20.9. The molecule has 2 aromatic rings. The molecule has 2 aliphatic rings. The van der Waals surface area contributed by atoms with Gasteiger partial charge in [0.15, 0.2) is 0 Å². The Hall–Kier alpha value is -2.73. The van der Waals surface area contributed by atoms with E-state index in [-0.39, 0.29) is 29.6 Å². The van der Waals surface area contributed by atoms with Gasteiger partial charge < -0.3 is 10.2 Å². The molecule has 1 N–H and O–H groups in total. The molecule has 6 heteroatoms. The minimum Gasteiger partial charge on any atom is -0.352 e. The van der Waals surface area contributed by atoms with Crippen molar-refractivity contribution < 1.29 is 14.0 Å². The van der Waals surface area contributed by atoms with Gasteiger partial charge in [-0.1, -0.05) is 30.3 Å². The molecule has 2 aliphatic heterocycles. The molecule has 0 saturated carbocycles. The summed E-state index contributed by atoms with van der Waals surface area (Å²) in [6.45, 7) is 3.89. The fourth-order valence-corrected chi connectivity index (χ4v) is 4.37. The van der Waals surface area contributed by atoms with Crippen LogP contribution < -0.4 is 5.32 Å². The second-order valence-corrected chi connectivity index (χ2v) is 8.29. The molecule has 2 heterocycles. The summed E-state index contributed by atoms with van der Waals surface area (Å²) in [4.78, 5) is 29.4. The Morgan fingerprint density at radius 3 is 2.33 bits per heavy atom. The summed E-state index contributed by atoms with van der Waals surface area (Å²) in [6, 6.07) is 16.2. The van der Waals surface area contributed by atoms with E-state index in [1.54, 1.807) is 4.90 Å². The van der Waals surface area contributed by atoms with Crippen molar-refractivity contribution in [3.05, 3.63) is 71.5 Å². The molecular weight excluding hydrogens is 381 g/mol. The number of amides is 2. The number of hydrogen-bond donors (Lipinski definition) is 1. The lowest BCUT2D eigenvalue weighted by Gasteiger charge is -2.32. The van der Waals surface area contributed by atoms with Gasteiger partial charge in [0, 0.05) is 50.2 Å². The van der Waals surface area contributed by atoms with Gasteiger partial charge >= 0.3 is 0 Å². The molecular formula is C24H28FN3O2. The Bertz CT molecular complexity index is 864. The Kier molecular flexibility index (Phi) is 6.43. The Morgan fingerprint density at radius 2 is 1.63 bits per heavy atom. The maximum absolute atomic E-state index is 13.1. The average Bonchev–Trinajstić information content (AvgIpc) is 3.21. The van der Waals surface area contributed by atoms with Crippen molar-refractivity contribution in [1.82, 2.24) is 15.1 Å². The number of halogens is 1. The lowest BCUT2D eigenvalue weighted by atomic mass is 9.95. The van der Waals surface area contributed by atoms with Crippen LogP contribution in [0.5, 0.6) is 0 Å². The number of carbonyl (C=O) groups excluding carboxylic acids is 2. The van der Waals surface area contributed by atoms with E-state index in [4.69, 9.17) is 0 Å². The van der Waals surface area contributed by atoms with Crippen LogP contribution in [0.1, 0.15) is 35.2 Å². The topological polar surface area (TPSA) is 52.7 Å². The van der Waals surface area contributed by atoms with E-state index in [1.807, 2.05) is 6.07 Å². The Labute approximate surface area is 176 Å². The maximum Gasteiger partial charge on any atom is 0.253 e. The quantitative estimate of drug-likeness (QED) is 0.826. The smallest absolute Gasteiger partial charge is 0.253 e. The van der Waals surface area contributed by atoms with Crippen LogP contribution in [0.25, 0.3) is 0 Å². The number of nitrogens with one attached hydrogen (secondary N) is 1. The molecule has 1 unspecified atom stereocenters. The van der Waals surface area contributed by atoms with Crippen molar-refractivity contribution in [2.75, 3.05) is 26.2 Å². The Balaban J connectivity index is 1.22. The highest BCUT2D eigenvalue weighted by Gasteiger charge is 2.30. The molecule has 0 bridgehead atoms. The van der Waals surface area contributed by atoms with Crippen LogP contribution in [0.3, 0.4) is 0 Å². The van der Waals surface area contributed by atoms with Crippen LogP contribution in [-0.2, 0) is 11.3 Å². The van der Waals surface area contributed by atoms with Gasteiger partial charge in [-0.15, -0.1) is 0 Å². The predicted octanol–water partition coefficient (Wildman–Crippen LogP) is 3.07. The van der Waals surface area contributed by atoms with Gasteiger partial charge in [-0.3, -0.25) is 14.5 Å². The van der Waals surface area contributed by atoms with Crippen LogP contribution in [0.2, 0.25) is 0 Å². The third-order valence-corrected chi connectivity index (χ3v) is 6.11. The van der Waals surface area contributed by atoms with Crippen LogP contribution in [0.15, 0.2) is 54.6 Å². The normalized spacial score (nSPS) is 20.3. The number of hydrogen-bond acceptors (Lipinski definition) is 3. The van der Waals surface area contributed by atoms with Gasteiger partial charge in [-0.25, -0.2) is 4.39 Å². The van der Waals surface area contributed by atoms with Crippen molar-refractivity contribution in [2.24, 2.45) is 5.92 Å². The monoisotopic (exact) mass is 409 g/mol. The first-order valence-electron chi connectivity index (χ1n) is 10.7. The van der Waals surface area contributed by atoms with Gasteiger partial charge in [-0.2, -0.15) is 0 Å². The van der Waals surface area contributed by atoms with Gasteiger partial charge in [0.2, 0.25) is 5.91 Å². The summed E-state index contributed by atoms with van der Waals surface area (Å²) in [7, 11) is 0. The van der Waals surface area contributed by atoms with E-state index in [1.165, 1.54) is 29.8 Å². The van der Waals surface area contributed by atoms with Crippen molar-refractivity contribution in [1.29, 1.82) is 0 Å². The summed E-state index contributed by atoms with van der Waals surface area (Å²) in [6.07, 6.45) is 2.30. The van der Waals surface area contributed by atoms with E-state index in [0.29, 0.717) is 31.5 Å². The fraction of sp³-hybridized carbons (Fsp3) is 0.417. The summed E-state index contributed by atoms with van der Waals surface area (Å²) < 4.78 is 13.1. The van der Waals surface area contributed by atoms with Crippen LogP contribution in [-0.4, -0.2) is 53.8 Å². The lowest BCUT2D eigenvalue weighted by molar-refractivity contribution is -0.126. The summed E-state index contributed by atoms with van der Waals surface area (Å²) in [5.41, 5.74) is 1.78. The van der Waals surface area contributed by atoms with Crippen LogP contribution in [0, 0.1) is 11.7 Å². The first-order chi connectivity index (χ1) is 14.6. The molecule has 2 aromatic carbocycles. The van der Waals surface area contributed by atoms with Crippen molar-refractivity contribution in [3.8, 4) is 0 Å². The van der Waals surface area contributed by atoms with Gasteiger partial charge in [-0.05, 0) is 49.1 Å². The molecule has 30 heavy (non-hydrogen) atoms. The Morgan fingerprint density at radius 1 is 0.933 bits per heavy atom. The maximum atomic E-state index is 13.1. The first kappa shape index (κ1) is 20.5. The fourth-order valence-electron chi connectivity index (χ4n) is 4.37. The van der Waals surface area contributed by atoms with E-state index >= 15 is 0 Å². The number of carbonyl (C=O) groups is 2. The van der Waals surface area contributed by atoms with Gasteiger partial charge in [0.25, 0.3) is 5.91 Å². The molecule has 158 valence electrons. The minimum absolute atomic E-state index is 0.0505. The van der Waals surface area contributed by atoms with E-state index in [9.17, 15) is 14.0 Å². The molecule has 0 spiro atoms. The molecule has 2 amide bonds. The van der Waals surface area contributed by atoms with Crippen LogP contribution >= 0.6 is 0 Å². The zero-order valence-corrected chi connectivity index (χ0v) is 17.1. The highest BCUT2D eigenvalue weighted by molar-refractivity contribution is 5.94. The third-order valence-electron chi connectivity index (χ3n) is 6.11. The summed E-state index contributed by atoms with van der Waals surface area (Å²) in [5, 5.41) is 3.22. The molecule has 4 rings (SSSR count). The van der Waals surface area contributed by atoms with Gasteiger partial charge in [0.1, 0.15) is 5.82 Å². The van der Waals surface area contributed by atoms with Crippen LogP contribution in [0.4, 0.5) is 4.39 Å². The molecule has 5 nitrogen and oxygen atoms in total. The van der Waals surface area contributed by atoms with E-state index in [2.05, 4.69) is 34.5 Å². The zero-order valence-electron chi connectivity index (χ0n) is 17.1. The predicted molar refractivity (Wildman–Crippen MR) is 113 cm³/mol. The van der Waals surface area contributed by atoms with Crippen molar-refractivity contribution >= 4 is 11.8 Å². The second-order valence-electron chi connectivity index (χ2n) is 8.29. The summed E-state index contributed by atoms with van der Waals surface area (Å²) in [5.74, 6) is -0.390. The molecule has 0 aliphatic carbocycles. The van der Waals surface area contributed by atoms with E-state index in [0.717, 1.165) is 26.1 Å². The molecule has 2 fully saturated rings. The van der Waals surface area contributed by atoms with E-state index < -0.39 is 0 Å². The number of likely N-dealkylation sites (tertiary alicyclic amines) is 2. The molecule has 1 atom stereocenters. The van der Waals surface area contributed by atoms with Crippen molar-refractivity contribution in [2.45, 2.75) is 31.8 Å².